The number of aromatic carboxylic acids is 1. The first kappa shape index (κ1) is 16.1. The van der Waals surface area contributed by atoms with Crippen LogP contribution in [-0.4, -0.2) is 35.0 Å². The van der Waals surface area contributed by atoms with Crippen LogP contribution in [0.3, 0.4) is 0 Å². The van der Waals surface area contributed by atoms with Crippen LogP contribution in [-0.2, 0) is 0 Å². The number of hydrogen-bond acceptors (Lipinski definition) is 2. The third kappa shape index (κ3) is 3.12. The molecule has 0 aromatic heterocycles. The highest BCUT2D eigenvalue weighted by molar-refractivity contribution is 6.04. The predicted molar refractivity (Wildman–Crippen MR) is 69.7 cm³/mol. The van der Waals surface area contributed by atoms with Crippen molar-refractivity contribution in [1.29, 1.82) is 0 Å². The van der Waals surface area contributed by atoms with Crippen LogP contribution < -0.4 is 0 Å². The number of carboxylic acids is 1. The van der Waals surface area contributed by atoms with Gasteiger partial charge in [0.15, 0.2) is 11.6 Å². The minimum atomic E-state index is -1.47. The summed E-state index contributed by atoms with van der Waals surface area (Å²) in [5, 5.41) is 9.00. The monoisotopic (exact) mass is 285 g/mol. The molecule has 1 aromatic rings. The fraction of sp³-hybridized carbons (Fsp3) is 0.429. The van der Waals surface area contributed by atoms with E-state index in [1.807, 2.05) is 13.8 Å². The van der Waals surface area contributed by atoms with Crippen molar-refractivity contribution in [2.75, 3.05) is 7.05 Å². The largest absolute Gasteiger partial charge is 0.478 e. The number of carbonyl (C=O) groups is 2. The fourth-order valence-electron chi connectivity index (χ4n) is 1.72. The first-order valence-corrected chi connectivity index (χ1v) is 6.16. The fourth-order valence-corrected chi connectivity index (χ4v) is 1.72. The van der Waals surface area contributed by atoms with Gasteiger partial charge in [0.05, 0.1) is 11.1 Å². The molecular formula is C14H17F2NO3. The van der Waals surface area contributed by atoms with Crippen LogP contribution in [0.15, 0.2) is 12.1 Å². The van der Waals surface area contributed by atoms with Crippen LogP contribution in [0.25, 0.3) is 0 Å². The Morgan fingerprint density at radius 2 is 1.55 bits per heavy atom. The summed E-state index contributed by atoms with van der Waals surface area (Å²) in [7, 11) is 1.50. The molecule has 1 rings (SSSR count). The van der Waals surface area contributed by atoms with Crippen molar-refractivity contribution >= 4 is 11.9 Å². The number of benzene rings is 1. The first-order valence-electron chi connectivity index (χ1n) is 6.16. The minimum absolute atomic E-state index is 0.141. The van der Waals surface area contributed by atoms with Gasteiger partial charge in [-0.3, -0.25) is 4.79 Å². The van der Waals surface area contributed by atoms with Gasteiger partial charge in [0.1, 0.15) is 0 Å². The Balaban J connectivity index is 3.28. The maximum absolute atomic E-state index is 13.3. The zero-order valence-electron chi connectivity index (χ0n) is 11.8. The summed E-state index contributed by atoms with van der Waals surface area (Å²) in [6, 6.07) is 0.987. The summed E-state index contributed by atoms with van der Waals surface area (Å²) in [6.07, 6.45) is 0. The highest BCUT2D eigenvalue weighted by Crippen LogP contribution is 2.19. The van der Waals surface area contributed by atoms with Gasteiger partial charge in [0.2, 0.25) is 0 Å². The molecule has 4 nitrogen and oxygen atoms in total. The van der Waals surface area contributed by atoms with E-state index < -0.39 is 29.1 Å². The SMILES string of the molecule is CC(C)C(C)N(C)C(=O)c1cc(F)c(F)cc1C(=O)O. The van der Waals surface area contributed by atoms with Crippen LogP contribution in [0.5, 0.6) is 0 Å². The van der Waals surface area contributed by atoms with Gasteiger partial charge in [-0.15, -0.1) is 0 Å². The molecule has 0 spiro atoms. The molecule has 0 heterocycles. The molecule has 0 aliphatic rings. The summed E-state index contributed by atoms with van der Waals surface area (Å²) in [4.78, 5) is 24.6. The summed E-state index contributed by atoms with van der Waals surface area (Å²) < 4.78 is 26.4. The minimum Gasteiger partial charge on any atom is -0.478 e. The molecule has 20 heavy (non-hydrogen) atoms. The third-order valence-corrected chi connectivity index (χ3v) is 3.42. The lowest BCUT2D eigenvalue weighted by Crippen LogP contribution is -2.39. The Bertz CT molecular complexity index is 543. The maximum Gasteiger partial charge on any atom is 0.336 e. The van der Waals surface area contributed by atoms with Gasteiger partial charge in [0, 0.05) is 13.1 Å². The number of nitrogens with zero attached hydrogens (tertiary/aromatic N) is 1. The quantitative estimate of drug-likeness (QED) is 0.925. The zero-order chi connectivity index (χ0) is 15.6. The summed E-state index contributed by atoms with van der Waals surface area (Å²) >= 11 is 0. The van der Waals surface area contributed by atoms with Crippen LogP contribution >= 0.6 is 0 Å². The Kier molecular flexibility index (Phi) is 4.81. The number of hydrogen-bond donors (Lipinski definition) is 1. The summed E-state index contributed by atoms with van der Waals surface area (Å²) in [6.45, 7) is 5.60. The molecule has 6 heteroatoms. The zero-order valence-corrected chi connectivity index (χ0v) is 11.8. The Labute approximate surface area is 116 Å². The molecule has 0 radical (unpaired) electrons. The lowest BCUT2D eigenvalue weighted by atomic mass is 10.0. The molecule has 1 amide bonds. The second-order valence-electron chi connectivity index (χ2n) is 5.02. The van der Waals surface area contributed by atoms with E-state index in [0.717, 1.165) is 0 Å². The first-order chi connectivity index (χ1) is 9.16. The summed E-state index contributed by atoms with van der Waals surface area (Å²) in [5.41, 5.74) is -0.900. The van der Waals surface area contributed by atoms with E-state index in [-0.39, 0.29) is 17.5 Å². The molecule has 0 aliphatic heterocycles. The molecule has 0 fully saturated rings. The number of rotatable bonds is 4. The number of carbonyl (C=O) groups excluding carboxylic acids is 1. The third-order valence-electron chi connectivity index (χ3n) is 3.42. The standard InChI is InChI=1S/C14H17F2NO3/c1-7(2)8(3)17(4)13(18)9-5-11(15)12(16)6-10(9)14(19)20/h5-8H,1-4H3,(H,19,20). The van der Waals surface area contributed by atoms with Crippen molar-refractivity contribution < 1.29 is 23.5 Å². The van der Waals surface area contributed by atoms with Gasteiger partial charge < -0.3 is 10.0 Å². The topological polar surface area (TPSA) is 57.6 Å². The molecule has 0 saturated carbocycles. The van der Waals surface area contributed by atoms with Gasteiger partial charge in [0.25, 0.3) is 5.91 Å². The van der Waals surface area contributed by atoms with Crippen LogP contribution in [0, 0.1) is 17.6 Å². The van der Waals surface area contributed by atoms with E-state index in [1.165, 1.54) is 11.9 Å². The van der Waals surface area contributed by atoms with Crippen molar-refractivity contribution in [3.63, 3.8) is 0 Å². The second kappa shape index (κ2) is 5.98. The molecule has 0 bridgehead atoms. The lowest BCUT2D eigenvalue weighted by Gasteiger charge is -2.28. The maximum atomic E-state index is 13.3. The molecule has 1 N–H and O–H groups in total. The van der Waals surface area contributed by atoms with Crippen molar-refractivity contribution in [1.82, 2.24) is 4.90 Å². The highest BCUT2D eigenvalue weighted by Gasteiger charge is 2.26. The molecule has 1 aromatic carbocycles. The Hall–Kier alpha value is -1.98. The van der Waals surface area contributed by atoms with Gasteiger partial charge in [-0.1, -0.05) is 13.8 Å². The predicted octanol–water partition coefficient (Wildman–Crippen LogP) is 2.78. The molecule has 1 atom stereocenters. The average Bonchev–Trinajstić information content (AvgIpc) is 2.38. The molecule has 0 saturated heterocycles. The number of carboxylic acid groups (broad SMARTS) is 1. The molecule has 1 unspecified atom stereocenters. The van der Waals surface area contributed by atoms with Gasteiger partial charge in [-0.2, -0.15) is 0 Å². The van der Waals surface area contributed by atoms with Gasteiger partial charge >= 0.3 is 5.97 Å². The van der Waals surface area contributed by atoms with Crippen LogP contribution in [0.1, 0.15) is 41.5 Å². The van der Waals surface area contributed by atoms with Crippen LogP contribution in [0.2, 0.25) is 0 Å². The normalized spacial score (nSPS) is 12.3. The van der Waals surface area contributed by atoms with Crippen molar-refractivity contribution in [2.45, 2.75) is 26.8 Å². The van der Waals surface area contributed by atoms with E-state index in [0.29, 0.717) is 12.1 Å². The van der Waals surface area contributed by atoms with Gasteiger partial charge in [-0.25, -0.2) is 13.6 Å². The van der Waals surface area contributed by atoms with E-state index >= 15 is 0 Å². The highest BCUT2D eigenvalue weighted by atomic mass is 19.2. The van der Waals surface area contributed by atoms with E-state index in [4.69, 9.17) is 5.11 Å². The number of halogens is 2. The molecule has 0 aliphatic carbocycles. The van der Waals surface area contributed by atoms with E-state index in [9.17, 15) is 18.4 Å². The lowest BCUT2D eigenvalue weighted by molar-refractivity contribution is 0.0658. The smallest absolute Gasteiger partial charge is 0.336 e. The Morgan fingerprint density at radius 3 is 1.95 bits per heavy atom. The van der Waals surface area contributed by atoms with Gasteiger partial charge in [-0.05, 0) is 25.0 Å². The molecule has 110 valence electrons. The second-order valence-corrected chi connectivity index (χ2v) is 5.02. The average molecular weight is 285 g/mol. The van der Waals surface area contributed by atoms with Crippen LogP contribution in [0.4, 0.5) is 8.78 Å². The van der Waals surface area contributed by atoms with Crippen molar-refractivity contribution in [2.24, 2.45) is 5.92 Å². The summed E-state index contributed by atoms with van der Waals surface area (Å²) in [5.74, 6) is -4.52. The van der Waals surface area contributed by atoms with E-state index in [2.05, 4.69) is 0 Å². The van der Waals surface area contributed by atoms with Crippen molar-refractivity contribution in [3.05, 3.63) is 34.9 Å². The van der Waals surface area contributed by atoms with Crippen molar-refractivity contribution in [3.8, 4) is 0 Å². The Morgan fingerprint density at radius 1 is 1.10 bits per heavy atom. The molecular weight excluding hydrogens is 268 g/mol. The number of amides is 1. The van der Waals surface area contributed by atoms with E-state index in [1.54, 1.807) is 6.92 Å².